The van der Waals surface area contributed by atoms with Crippen LogP contribution in [0.3, 0.4) is 0 Å². The van der Waals surface area contributed by atoms with E-state index in [-0.39, 0.29) is 12.0 Å². The first-order chi connectivity index (χ1) is 13.0. The summed E-state index contributed by atoms with van der Waals surface area (Å²) in [5.41, 5.74) is 2.41. The van der Waals surface area contributed by atoms with Gasteiger partial charge in [0.15, 0.2) is 0 Å². The Hall–Kier alpha value is -2.18. The standard InChI is InChI=1S/C21H28N4O2/c1-15-5-4-6-16(9-15)21-22-7-8-25(21)17-10-18-14-27-19(13-24(18)12-17)11-20(26)23(2)3/h4-9,17-19H,10-14H2,1-3H3/t17-,18+,19+/m1/s1. The zero-order chi connectivity index (χ0) is 19.0. The van der Waals surface area contributed by atoms with Crippen molar-refractivity contribution in [2.45, 2.75) is 38.0 Å². The van der Waals surface area contributed by atoms with Crippen molar-refractivity contribution in [3.8, 4) is 11.4 Å². The third kappa shape index (κ3) is 3.77. The SMILES string of the molecule is Cc1cccc(-c2nccn2[C@@H]2C[C@H]3CO[C@@H](CC(=O)N(C)C)CN3C2)c1. The molecule has 1 aromatic carbocycles. The molecule has 3 heterocycles. The molecule has 6 nitrogen and oxygen atoms in total. The van der Waals surface area contributed by atoms with Crippen molar-refractivity contribution in [3.05, 3.63) is 42.2 Å². The molecule has 3 atom stereocenters. The van der Waals surface area contributed by atoms with E-state index in [1.807, 2.05) is 6.20 Å². The number of nitrogens with zero attached hydrogens (tertiary/aromatic N) is 4. The Bertz CT molecular complexity index is 816. The fraction of sp³-hybridized carbons (Fsp3) is 0.524. The highest BCUT2D eigenvalue weighted by Crippen LogP contribution is 2.34. The van der Waals surface area contributed by atoms with Gasteiger partial charge in [-0.2, -0.15) is 0 Å². The highest BCUT2D eigenvalue weighted by atomic mass is 16.5. The number of fused-ring (bicyclic) bond motifs is 1. The van der Waals surface area contributed by atoms with Gasteiger partial charge in [0, 0.05) is 57.2 Å². The average Bonchev–Trinajstić information content (AvgIpc) is 3.27. The molecule has 2 fully saturated rings. The average molecular weight is 368 g/mol. The van der Waals surface area contributed by atoms with Crippen molar-refractivity contribution >= 4 is 5.91 Å². The Morgan fingerprint density at radius 1 is 1.30 bits per heavy atom. The topological polar surface area (TPSA) is 50.6 Å². The molecule has 2 saturated heterocycles. The van der Waals surface area contributed by atoms with Gasteiger partial charge in [-0.1, -0.05) is 23.8 Å². The van der Waals surface area contributed by atoms with E-state index in [0.29, 0.717) is 25.1 Å². The van der Waals surface area contributed by atoms with Crippen molar-refractivity contribution in [2.75, 3.05) is 33.8 Å². The summed E-state index contributed by atoms with van der Waals surface area (Å²) in [6.45, 7) is 4.63. The van der Waals surface area contributed by atoms with Gasteiger partial charge in [0.1, 0.15) is 5.82 Å². The summed E-state index contributed by atoms with van der Waals surface area (Å²) in [7, 11) is 3.59. The minimum Gasteiger partial charge on any atom is -0.375 e. The number of hydrogen-bond donors (Lipinski definition) is 0. The molecule has 4 rings (SSSR count). The van der Waals surface area contributed by atoms with Crippen LogP contribution in [0.1, 0.15) is 24.4 Å². The Labute approximate surface area is 160 Å². The molecule has 2 aliphatic heterocycles. The quantitative estimate of drug-likeness (QED) is 0.831. The monoisotopic (exact) mass is 368 g/mol. The molecule has 2 aromatic rings. The highest BCUT2D eigenvalue weighted by molar-refractivity contribution is 5.76. The van der Waals surface area contributed by atoms with Gasteiger partial charge in [-0.25, -0.2) is 4.98 Å². The zero-order valence-corrected chi connectivity index (χ0v) is 16.3. The number of carbonyl (C=O) groups excluding carboxylic acids is 1. The first-order valence-corrected chi connectivity index (χ1v) is 9.67. The fourth-order valence-corrected chi connectivity index (χ4v) is 4.23. The van der Waals surface area contributed by atoms with Crippen LogP contribution in [0.5, 0.6) is 0 Å². The summed E-state index contributed by atoms with van der Waals surface area (Å²) in [5.74, 6) is 1.16. The summed E-state index contributed by atoms with van der Waals surface area (Å²) in [6.07, 6.45) is 5.50. The van der Waals surface area contributed by atoms with Crippen LogP contribution < -0.4 is 0 Å². The van der Waals surface area contributed by atoms with Gasteiger partial charge in [-0.05, 0) is 19.4 Å². The maximum atomic E-state index is 12.0. The predicted octanol–water partition coefficient (Wildman–Crippen LogP) is 2.35. The van der Waals surface area contributed by atoms with Crippen LogP contribution in [0.4, 0.5) is 0 Å². The molecule has 6 heteroatoms. The van der Waals surface area contributed by atoms with Crippen molar-refractivity contribution in [2.24, 2.45) is 0 Å². The Morgan fingerprint density at radius 2 is 2.15 bits per heavy atom. The molecule has 0 bridgehead atoms. The number of hydrogen-bond acceptors (Lipinski definition) is 4. The van der Waals surface area contributed by atoms with Crippen molar-refractivity contribution in [1.29, 1.82) is 0 Å². The van der Waals surface area contributed by atoms with Crippen LogP contribution in [-0.2, 0) is 9.53 Å². The lowest BCUT2D eigenvalue weighted by Crippen LogP contribution is -2.47. The van der Waals surface area contributed by atoms with E-state index >= 15 is 0 Å². The molecular formula is C21H28N4O2. The lowest BCUT2D eigenvalue weighted by Gasteiger charge is -2.35. The Balaban J connectivity index is 1.46. The lowest BCUT2D eigenvalue weighted by atomic mass is 10.1. The molecule has 27 heavy (non-hydrogen) atoms. The van der Waals surface area contributed by atoms with Crippen LogP contribution in [-0.4, -0.2) is 71.2 Å². The molecule has 0 unspecified atom stereocenters. The van der Waals surface area contributed by atoms with Crippen LogP contribution >= 0.6 is 0 Å². The maximum Gasteiger partial charge on any atom is 0.224 e. The van der Waals surface area contributed by atoms with Crippen LogP contribution in [0.2, 0.25) is 0 Å². The molecule has 144 valence electrons. The van der Waals surface area contributed by atoms with Crippen molar-refractivity contribution in [1.82, 2.24) is 19.4 Å². The molecule has 0 saturated carbocycles. The molecular weight excluding hydrogens is 340 g/mol. The molecule has 0 spiro atoms. The second-order valence-corrected chi connectivity index (χ2v) is 7.97. The number of imidazole rings is 1. The zero-order valence-electron chi connectivity index (χ0n) is 16.3. The van der Waals surface area contributed by atoms with E-state index < -0.39 is 0 Å². The van der Waals surface area contributed by atoms with Crippen molar-refractivity contribution < 1.29 is 9.53 Å². The minimum atomic E-state index is -0.00562. The Morgan fingerprint density at radius 3 is 2.93 bits per heavy atom. The summed E-state index contributed by atoms with van der Waals surface area (Å²) in [4.78, 5) is 20.8. The van der Waals surface area contributed by atoms with Gasteiger partial charge in [0.2, 0.25) is 5.91 Å². The minimum absolute atomic E-state index is 0.00562. The number of aryl methyl sites for hydroxylation is 1. The number of morpholine rings is 1. The molecule has 1 aromatic heterocycles. The number of aromatic nitrogens is 2. The maximum absolute atomic E-state index is 12.0. The number of benzene rings is 1. The fourth-order valence-electron chi connectivity index (χ4n) is 4.23. The van der Waals surface area contributed by atoms with Crippen LogP contribution in [0.25, 0.3) is 11.4 Å². The number of amides is 1. The summed E-state index contributed by atoms with van der Waals surface area (Å²) >= 11 is 0. The third-order valence-electron chi connectivity index (χ3n) is 5.71. The molecule has 0 radical (unpaired) electrons. The van der Waals surface area contributed by atoms with Gasteiger partial charge >= 0.3 is 0 Å². The van der Waals surface area contributed by atoms with Gasteiger partial charge in [0.05, 0.1) is 19.1 Å². The second kappa shape index (κ2) is 7.44. The van der Waals surface area contributed by atoms with Crippen LogP contribution in [0, 0.1) is 6.92 Å². The second-order valence-electron chi connectivity index (χ2n) is 7.97. The lowest BCUT2D eigenvalue weighted by molar-refractivity contribution is -0.134. The predicted molar refractivity (Wildman–Crippen MR) is 104 cm³/mol. The molecule has 0 N–H and O–H groups in total. The normalized spacial score (nSPS) is 25.4. The van der Waals surface area contributed by atoms with Gasteiger partial charge < -0.3 is 14.2 Å². The summed E-state index contributed by atoms with van der Waals surface area (Å²) in [6, 6.07) is 9.32. The van der Waals surface area contributed by atoms with E-state index in [1.54, 1.807) is 19.0 Å². The summed E-state index contributed by atoms with van der Waals surface area (Å²) in [5, 5.41) is 0. The van der Waals surface area contributed by atoms with Crippen LogP contribution in [0.15, 0.2) is 36.7 Å². The van der Waals surface area contributed by atoms with E-state index in [1.165, 1.54) is 5.56 Å². The molecule has 0 aliphatic carbocycles. The molecule has 2 aliphatic rings. The molecule has 1 amide bonds. The van der Waals surface area contributed by atoms with E-state index in [0.717, 1.165) is 30.9 Å². The van der Waals surface area contributed by atoms with E-state index in [9.17, 15) is 4.79 Å². The van der Waals surface area contributed by atoms with Crippen molar-refractivity contribution in [3.63, 3.8) is 0 Å². The first kappa shape index (κ1) is 18.2. The van der Waals surface area contributed by atoms with Gasteiger partial charge in [-0.3, -0.25) is 9.69 Å². The first-order valence-electron chi connectivity index (χ1n) is 9.67. The highest BCUT2D eigenvalue weighted by Gasteiger charge is 2.39. The third-order valence-corrected chi connectivity index (χ3v) is 5.71. The van der Waals surface area contributed by atoms with E-state index in [2.05, 4.69) is 51.8 Å². The smallest absolute Gasteiger partial charge is 0.224 e. The number of ether oxygens (including phenoxy) is 1. The largest absolute Gasteiger partial charge is 0.375 e. The number of carbonyl (C=O) groups is 1. The van der Waals surface area contributed by atoms with E-state index in [4.69, 9.17) is 4.74 Å². The van der Waals surface area contributed by atoms with Gasteiger partial charge in [0.25, 0.3) is 0 Å². The number of rotatable bonds is 4. The Kier molecular flexibility index (Phi) is 5.02. The summed E-state index contributed by atoms with van der Waals surface area (Å²) < 4.78 is 8.31. The van der Waals surface area contributed by atoms with Gasteiger partial charge in [-0.15, -0.1) is 0 Å².